The fourth-order valence-corrected chi connectivity index (χ4v) is 4.32. The molecule has 0 spiro atoms. The van der Waals surface area contributed by atoms with Crippen molar-refractivity contribution in [1.82, 2.24) is 4.98 Å². The second-order valence-electron chi connectivity index (χ2n) is 3.79. The van der Waals surface area contributed by atoms with Crippen molar-refractivity contribution in [3.63, 3.8) is 0 Å². The van der Waals surface area contributed by atoms with Gasteiger partial charge in [0.15, 0.2) is 9.84 Å². The predicted molar refractivity (Wildman–Crippen MR) is 78.0 cm³/mol. The van der Waals surface area contributed by atoms with Crippen LogP contribution in [0.15, 0.2) is 35.2 Å². The number of benzene rings is 1. The van der Waals surface area contributed by atoms with Crippen molar-refractivity contribution in [1.29, 1.82) is 0 Å². The standard InChI is InChI=1S/C12H11NO3S3/c1-16-12-13-9(8-6-4-3-5-7-8)10(11(17)18-12)19(2,14)15/h3-7H,1-2H3. The maximum absolute atomic E-state index is 11.9. The summed E-state index contributed by atoms with van der Waals surface area (Å²) < 4.78 is 29.1. The fourth-order valence-electron chi connectivity index (χ4n) is 1.59. The number of aromatic nitrogens is 1. The first-order chi connectivity index (χ1) is 8.93. The number of rotatable bonds is 3. The van der Waals surface area contributed by atoms with Crippen LogP contribution >= 0.6 is 23.6 Å². The van der Waals surface area contributed by atoms with Gasteiger partial charge in [-0.15, -0.1) is 0 Å². The minimum atomic E-state index is -3.45. The van der Waals surface area contributed by atoms with Crippen molar-refractivity contribution < 1.29 is 13.2 Å². The monoisotopic (exact) mass is 313 g/mol. The van der Waals surface area contributed by atoms with Gasteiger partial charge in [0.1, 0.15) is 8.72 Å². The molecule has 19 heavy (non-hydrogen) atoms. The molecule has 4 nitrogen and oxygen atoms in total. The summed E-state index contributed by atoms with van der Waals surface area (Å²) in [6.07, 6.45) is 1.13. The Morgan fingerprint density at radius 1 is 1.26 bits per heavy atom. The highest BCUT2D eigenvalue weighted by Gasteiger charge is 2.20. The van der Waals surface area contributed by atoms with E-state index in [4.69, 9.17) is 17.0 Å². The summed E-state index contributed by atoms with van der Waals surface area (Å²) in [7, 11) is -1.97. The van der Waals surface area contributed by atoms with Crippen LogP contribution in [-0.4, -0.2) is 26.8 Å². The second kappa shape index (κ2) is 5.36. The number of sulfone groups is 1. The van der Waals surface area contributed by atoms with Gasteiger partial charge in [-0.1, -0.05) is 53.9 Å². The molecule has 0 fully saturated rings. The van der Waals surface area contributed by atoms with Gasteiger partial charge in [0.05, 0.1) is 12.8 Å². The van der Waals surface area contributed by atoms with Crippen LogP contribution in [-0.2, 0) is 9.84 Å². The Morgan fingerprint density at radius 3 is 2.42 bits per heavy atom. The van der Waals surface area contributed by atoms with E-state index in [0.717, 1.165) is 17.6 Å². The molecule has 0 saturated carbocycles. The van der Waals surface area contributed by atoms with E-state index < -0.39 is 9.84 Å². The van der Waals surface area contributed by atoms with E-state index in [1.54, 1.807) is 12.1 Å². The second-order valence-corrected chi connectivity index (χ2v) is 7.37. The van der Waals surface area contributed by atoms with Crippen molar-refractivity contribution >= 4 is 33.4 Å². The summed E-state index contributed by atoms with van der Waals surface area (Å²) in [6.45, 7) is 0. The zero-order chi connectivity index (χ0) is 14.0. The Bertz CT molecular complexity index is 752. The number of hydrogen-bond donors (Lipinski definition) is 0. The lowest BCUT2D eigenvalue weighted by Gasteiger charge is -2.08. The van der Waals surface area contributed by atoms with Crippen molar-refractivity contribution in [3.05, 3.63) is 34.2 Å². The third-order valence-electron chi connectivity index (χ3n) is 2.38. The largest absolute Gasteiger partial charge is 0.473 e. The highest BCUT2D eigenvalue weighted by molar-refractivity contribution is 7.91. The molecule has 1 heterocycles. The minimum Gasteiger partial charge on any atom is -0.473 e. The average Bonchev–Trinajstić information content (AvgIpc) is 2.37. The maximum atomic E-state index is 11.9. The molecule has 0 aliphatic heterocycles. The van der Waals surface area contributed by atoms with E-state index in [9.17, 15) is 8.42 Å². The van der Waals surface area contributed by atoms with Crippen LogP contribution in [0.25, 0.3) is 11.3 Å². The first-order valence-corrected chi connectivity index (χ1v) is 8.39. The molecule has 100 valence electrons. The van der Waals surface area contributed by atoms with Gasteiger partial charge in [0, 0.05) is 11.8 Å². The fraction of sp³-hybridized carbons (Fsp3) is 0.167. The van der Waals surface area contributed by atoms with E-state index >= 15 is 0 Å². The zero-order valence-electron chi connectivity index (χ0n) is 10.3. The van der Waals surface area contributed by atoms with Crippen LogP contribution in [0.2, 0.25) is 0 Å². The first-order valence-electron chi connectivity index (χ1n) is 5.28. The topological polar surface area (TPSA) is 56.3 Å². The van der Waals surface area contributed by atoms with Crippen LogP contribution in [0, 0.1) is 3.82 Å². The highest BCUT2D eigenvalue weighted by atomic mass is 32.2. The van der Waals surface area contributed by atoms with E-state index in [0.29, 0.717) is 16.5 Å². The van der Waals surface area contributed by atoms with E-state index in [-0.39, 0.29) is 8.72 Å². The molecule has 0 aliphatic carbocycles. The smallest absolute Gasteiger partial charge is 0.274 e. The van der Waals surface area contributed by atoms with Crippen molar-refractivity contribution in [2.45, 2.75) is 4.90 Å². The van der Waals surface area contributed by atoms with Gasteiger partial charge in [0.2, 0.25) is 0 Å². The van der Waals surface area contributed by atoms with E-state index in [1.165, 1.54) is 7.11 Å². The van der Waals surface area contributed by atoms with E-state index in [1.807, 2.05) is 18.2 Å². The predicted octanol–water partition coefficient (Wildman–Crippen LogP) is 2.95. The zero-order valence-corrected chi connectivity index (χ0v) is 12.7. The van der Waals surface area contributed by atoms with Gasteiger partial charge in [0.25, 0.3) is 5.19 Å². The molecule has 0 aliphatic rings. The molecule has 0 atom stereocenters. The molecule has 2 aromatic rings. The summed E-state index contributed by atoms with van der Waals surface area (Å²) in [5, 5.41) is 0.344. The molecular weight excluding hydrogens is 302 g/mol. The summed E-state index contributed by atoms with van der Waals surface area (Å²) >= 11 is 6.20. The summed E-state index contributed by atoms with van der Waals surface area (Å²) in [5.74, 6) is 0. The number of nitrogens with zero attached hydrogens (tertiary/aromatic N) is 1. The molecule has 0 unspecified atom stereocenters. The molecule has 7 heteroatoms. The quantitative estimate of drug-likeness (QED) is 0.815. The lowest BCUT2D eigenvalue weighted by Crippen LogP contribution is -2.03. The molecule has 2 rings (SSSR count). The van der Waals surface area contributed by atoms with Gasteiger partial charge in [-0.05, 0) is 0 Å². The number of ether oxygens (including phenoxy) is 1. The molecule has 0 saturated heterocycles. The Balaban J connectivity index is 2.85. The van der Waals surface area contributed by atoms with Gasteiger partial charge < -0.3 is 4.74 Å². The molecule has 1 aromatic carbocycles. The van der Waals surface area contributed by atoms with E-state index in [2.05, 4.69) is 4.98 Å². The first kappa shape index (κ1) is 14.1. The average molecular weight is 313 g/mol. The maximum Gasteiger partial charge on any atom is 0.274 e. The molecule has 0 bridgehead atoms. The van der Waals surface area contributed by atoms with Crippen LogP contribution in [0.5, 0.6) is 5.19 Å². The summed E-state index contributed by atoms with van der Waals surface area (Å²) in [4.78, 5) is 4.32. The van der Waals surface area contributed by atoms with Crippen LogP contribution in [0.1, 0.15) is 0 Å². The Morgan fingerprint density at radius 2 is 1.89 bits per heavy atom. The number of methoxy groups -OCH3 is 1. The van der Waals surface area contributed by atoms with Crippen LogP contribution < -0.4 is 4.74 Å². The van der Waals surface area contributed by atoms with Crippen molar-refractivity contribution in [2.24, 2.45) is 0 Å². The third kappa shape index (κ3) is 2.99. The number of hydrogen-bond acceptors (Lipinski definition) is 6. The Kier molecular flexibility index (Phi) is 3.98. The Hall–Kier alpha value is -1.31. The van der Waals surface area contributed by atoms with Gasteiger partial charge in [-0.3, -0.25) is 0 Å². The van der Waals surface area contributed by atoms with Crippen LogP contribution in [0.3, 0.4) is 0 Å². The molecule has 0 amide bonds. The van der Waals surface area contributed by atoms with Gasteiger partial charge >= 0.3 is 0 Å². The normalized spacial score (nSPS) is 11.3. The molecular formula is C12H11NO3S3. The lowest BCUT2D eigenvalue weighted by molar-refractivity contribution is 0.411. The Labute approximate surface area is 120 Å². The van der Waals surface area contributed by atoms with Crippen molar-refractivity contribution in [3.8, 4) is 16.5 Å². The molecule has 0 N–H and O–H groups in total. The summed E-state index contributed by atoms with van der Waals surface area (Å²) in [5.41, 5.74) is 1.03. The lowest BCUT2D eigenvalue weighted by atomic mass is 10.1. The molecule has 0 radical (unpaired) electrons. The SMILES string of the molecule is COc1nc(-c2ccccc2)c(S(C)(=O)=O)c(=S)s1. The van der Waals surface area contributed by atoms with Gasteiger partial charge in [-0.25, -0.2) is 13.4 Å². The molecule has 1 aromatic heterocycles. The van der Waals surface area contributed by atoms with Crippen molar-refractivity contribution in [2.75, 3.05) is 13.4 Å². The third-order valence-corrected chi connectivity index (χ3v) is 5.05. The van der Waals surface area contributed by atoms with Crippen LogP contribution in [0.4, 0.5) is 0 Å². The minimum absolute atomic E-state index is 0.0829. The highest BCUT2D eigenvalue weighted by Crippen LogP contribution is 2.32. The van der Waals surface area contributed by atoms with Gasteiger partial charge in [-0.2, -0.15) is 0 Å². The summed E-state index contributed by atoms with van der Waals surface area (Å²) in [6, 6.07) is 9.05.